The minimum Gasteiger partial charge on any atom is -0.471 e. The average molecular weight is 322 g/mol. The third kappa shape index (κ3) is 2.82. The molecule has 1 aromatic carbocycles. The zero-order valence-electron chi connectivity index (χ0n) is 13.4. The Morgan fingerprint density at radius 2 is 2.17 bits per heavy atom. The molecule has 4 rings (SSSR count). The molecule has 0 aliphatic carbocycles. The quantitative estimate of drug-likeness (QED) is 0.804. The summed E-state index contributed by atoms with van der Waals surface area (Å²) >= 11 is 0. The minimum atomic E-state index is -0.0415. The largest absolute Gasteiger partial charge is 0.471 e. The Labute approximate surface area is 139 Å². The zero-order valence-corrected chi connectivity index (χ0v) is 13.4. The van der Waals surface area contributed by atoms with Crippen molar-refractivity contribution in [3.05, 3.63) is 53.9 Å². The van der Waals surface area contributed by atoms with E-state index < -0.39 is 0 Å². The summed E-state index contributed by atoms with van der Waals surface area (Å²) in [6, 6.07) is 11.4. The molecule has 1 unspecified atom stereocenters. The second-order valence-electron chi connectivity index (χ2n) is 6.07. The molecule has 0 radical (unpaired) electrons. The Bertz CT molecular complexity index is 872. The van der Waals surface area contributed by atoms with E-state index in [1.54, 1.807) is 0 Å². The number of amides is 1. The van der Waals surface area contributed by atoms with Gasteiger partial charge in [0.2, 0.25) is 5.88 Å². The van der Waals surface area contributed by atoms with Gasteiger partial charge in [0, 0.05) is 36.3 Å². The van der Waals surface area contributed by atoms with Crippen LogP contribution in [0.5, 0.6) is 5.88 Å². The highest BCUT2D eigenvalue weighted by Gasteiger charge is 2.28. The van der Waals surface area contributed by atoms with Gasteiger partial charge in [-0.15, -0.1) is 5.10 Å². The second kappa shape index (κ2) is 5.96. The molecule has 122 valence electrons. The van der Waals surface area contributed by atoms with Crippen molar-refractivity contribution in [3.8, 4) is 5.88 Å². The number of ether oxygens (including phenoxy) is 1. The van der Waals surface area contributed by atoms with E-state index in [1.807, 2.05) is 54.4 Å². The number of nitrogens with zero attached hydrogens (tertiary/aromatic N) is 3. The lowest BCUT2D eigenvalue weighted by atomic mass is 10.1. The van der Waals surface area contributed by atoms with Crippen LogP contribution in [0, 0.1) is 6.92 Å². The number of carbonyl (C=O) groups is 1. The molecule has 2 aromatic heterocycles. The predicted octanol–water partition coefficient (Wildman–Crippen LogP) is 2.56. The fraction of sp³-hybridized carbons (Fsp3) is 0.278. The molecule has 3 heterocycles. The standard InChI is InChI=1S/C18H18N4O2/c1-12-2-5-17(21-20-12)24-15-7-9-22(11-15)18(23)14-4-3-13-6-8-19-16(13)10-14/h2-6,8,10,15,19H,7,9,11H2,1H3. The van der Waals surface area contributed by atoms with Crippen LogP contribution >= 0.6 is 0 Å². The number of likely N-dealkylation sites (tertiary alicyclic amines) is 1. The predicted molar refractivity (Wildman–Crippen MR) is 90.0 cm³/mol. The monoisotopic (exact) mass is 322 g/mol. The summed E-state index contributed by atoms with van der Waals surface area (Å²) in [6.45, 7) is 3.14. The summed E-state index contributed by atoms with van der Waals surface area (Å²) in [5.41, 5.74) is 2.52. The van der Waals surface area contributed by atoms with Crippen molar-refractivity contribution in [1.82, 2.24) is 20.1 Å². The van der Waals surface area contributed by atoms with Gasteiger partial charge in [-0.3, -0.25) is 4.79 Å². The van der Waals surface area contributed by atoms with Crippen LogP contribution in [-0.4, -0.2) is 45.2 Å². The number of aromatic nitrogens is 3. The first-order chi connectivity index (χ1) is 11.7. The number of hydrogen-bond acceptors (Lipinski definition) is 4. The van der Waals surface area contributed by atoms with Gasteiger partial charge in [0.05, 0.1) is 12.2 Å². The molecule has 1 aliphatic rings. The molecule has 0 saturated carbocycles. The molecule has 24 heavy (non-hydrogen) atoms. The molecule has 1 aliphatic heterocycles. The molecule has 1 N–H and O–H groups in total. The van der Waals surface area contributed by atoms with Crippen molar-refractivity contribution in [1.29, 1.82) is 0 Å². The molecule has 0 spiro atoms. The van der Waals surface area contributed by atoms with E-state index in [-0.39, 0.29) is 12.0 Å². The van der Waals surface area contributed by atoms with Crippen LogP contribution in [-0.2, 0) is 0 Å². The molecule has 6 heteroatoms. The smallest absolute Gasteiger partial charge is 0.254 e. The number of aryl methyl sites for hydroxylation is 1. The number of aromatic amines is 1. The molecular formula is C18H18N4O2. The zero-order chi connectivity index (χ0) is 16.5. The van der Waals surface area contributed by atoms with Crippen LogP contribution in [0.4, 0.5) is 0 Å². The van der Waals surface area contributed by atoms with Crippen molar-refractivity contribution in [3.63, 3.8) is 0 Å². The number of rotatable bonds is 3. The van der Waals surface area contributed by atoms with Crippen molar-refractivity contribution in [2.45, 2.75) is 19.4 Å². The average Bonchev–Trinajstić information content (AvgIpc) is 3.24. The third-order valence-electron chi connectivity index (χ3n) is 4.30. The van der Waals surface area contributed by atoms with E-state index in [0.717, 1.165) is 23.0 Å². The maximum atomic E-state index is 12.7. The summed E-state index contributed by atoms with van der Waals surface area (Å²) in [7, 11) is 0. The second-order valence-corrected chi connectivity index (χ2v) is 6.07. The highest BCUT2D eigenvalue weighted by Crippen LogP contribution is 2.20. The first kappa shape index (κ1) is 14.7. The van der Waals surface area contributed by atoms with Crippen LogP contribution in [0.3, 0.4) is 0 Å². The van der Waals surface area contributed by atoms with Crippen LogP contribution in [0.15, 0.2) is 42.6 Å². The fourth-order valence-electron chi connectivity index (χ4n) is 2.99. The molecule has 1 amide bonds. The Balaban J connectivity index is 1.43. The van der Waals surface area contributed by atoms with Crippen LogP contribution in [0.2, 0.25) is 0 Å². The van der Waals surface area contributed by atoms with Crippen LogP contribution in [0.1, 0.15) is 22.5 Å². The molecule has 3 aromatic rings. The van der Waals surface area contributed by atoms with E-state index in [2.05, 4.69) is 15.2 Å². The minimum absolute atomic E-state index is 0.0348. The van der Waals surface area contributed by atoms with Crippen LogP contribution < -0.4 is 4.74 Å². The topological polar surface area (TPSA) is 71.1 Å². The molecule has 1 saturated heterocycles. The van der Waals surface area contributed by atoms with E-state index in [4.69, 9.17) is 4.74 Å². The van der Waals surface area contributed by atoms with Crippen molar-refractivity contribution < 1.29 is 9.53 Å². The summed E-state index contributed by atoms with van der Waals surface area (Å²) in [5, 5.41) is 9.11. The Morgan fingerprint density at radius 3 is 3.00 bits per heavy atom. The van der Waals surface area contributed by atoms with Gasteiger partial charge >= 0.3 is 0 Å². The Hall–Kier alpha value is -2.89. The van der Waals surface area contributed by atoms with E-state index in [1.165, 1.54) is 0 Å². The molecule has 6 nitrogen and oxygen atoms in total. The van der Waals surface area contributed by atoms with Crippen molar-refractivity contribution >= 4 is 16.8 Å². The highest BCUT2D eigenvalue weighted by molar-refractivity contribution is 5.98. The number of carbonyl (C=O) groups excluding carboxylic acids is 1. The van der Waals surface area contributed by atoms with Gasteiger partial charge in [-0.05, 0) is 36.6 Å². The van der Waals surface area contributed by atoms with Gasteiger partial charge in [-0.25, -0.2) is 0 Å². The van der Waals surface area contributed by atoms with Gasteiger partial charge in [-0.2, -0.15) is 5.10 Å². The van der Waals surface area contributed by atoms with E-state index >= 15 is 0 Å². The lowest BCUT2D eigenvalue weighted by molar-refractivity contribution is 0.0771. The first-order valence-corrected chi connectivity index (χ1v) is 8.02. The summed E-state index contributed by atoms with van der Waals surface area (Å²) < 4.78 is 5.83. The third-order valence-corrected chi connectivity index (χ3v) is 4.30. The van der Waals surface area contributed by atoms with Gasteiger partial charge in [0.25, 0.3) is 5.91 Å². The normalized spacial score (nSPS) is 17.4. The lowest BCUT2D eigenvalue weighted by Gasteiger charge is -2.17. The molecular weight excluding hydrogens is 304 g/mol. The molecule has 0 bridgehead atoms. The number of nitrogens with one attached hydrogen (secondary N) is 1. The lowest BCUT2D eigenvalue weighted by Crippen LogP contribution is -2.31. The van der Waals surface area contributed by atoms with Gasteiger partial charge in [-0.1, -0.05) is 6.07 Å². The highest BCUT2D eigenvalue weighted by atomic mass is 16.5. The fourth-order valence-corrected chi connectivity index (χ4v) is 2.99. The van der Waals surface area contributed by atoms with E-state index in [0.29, 0.717) is 24.5 Å². The Morgan fingerprint density at radius 1 is 1.25 bits per heavy atom. The van der Waals surface area contributed by atoms with E-state index in [9.17, 15) is 4.79 Å². The van der Waals surface area contributed by atoms with Crippen LogP contribution in [0.25, 0.3) is 10.9 Å². The molecule has 1 atom stereocenters. The van der Waals surface area contributed by atoms with Crippen molar-refractivity contribution in [2.24, 2.45) is 0 Å². The van der Waals surface area contributed by atoms with Gasteiger partial charge in [0.15, 0.2) is 0 Å². The van der Waals surface area contributed by atoms with Gasteiger partial charge < -0.3 is 14.6 Å². The Kier molecular flexibility index (Phi) is 3.65. The molecule has 1 fully saturated rings. The maximum Gasteiger partial charge on any atom is 0.254 e. The number of H-pyrrole nitrogens is 1. The summed E-state index contributed by atoms with van der Waals surface area (Å²) in [6.07, 6.45) is 2.63. The number of fused-ring (bicyclic) bond motifs is 1. The first-order valence-electron chi connectivity index (χ1n) is 8.02. The van der Waals surface area contributed by atoms with Gasteiger partial charge in [0.1, 0.15) is 6.10 Å². The number of benzene rings is 1. The summed E-state index contributed by atoms with van der Waals surface area (Å²) in [4.78, 5) is 17.7. The maximum absolute atomic E-state index is 12.7. The summed E-state index contributed by atoms with van der Waals surface area (Å²) in [5.74, 6) is 0.542. The SMILES string of the molecule is Cc1ccc(OC2CCN(C(=O)c3ccc4cc[nH]c4c3)C2)nn1. The number of hydrogen-bond donors (Lipinski definition) is 1. The van der Waals surface area contributed by atoms with Crippen molar-refractivity contribution in [2.75, 3.05) is 13.1 Å².